The molecule has 0 saturated heterocycles. The maximum absolute atomic E-state index is 13.1. The molecule has 4 aromatic rings. The Balaban J connectivity index is 1.76. The summed E-state index contributed by atoms with van der Waals surface area (Å²) in [6.07, 6.45) is 1.40. The van der Waals surface area contributed by atoms with Crippen molar-refractivity contribution < 1.29 is 4.39 Å². The van der Waals surface area contributed by atoms with Gasteiger partial charge in [-0.15, -0.1) is 11.3 Å². The van der Waals surface area contributed by atoms with E-state index >= 15 is 0 Å². The first kappa shape index (κ1) is 15.9. The summed E-state index contributed by atoms with van der Waals surface area (Å²) in [6, 6.07) is 6.29. The molecule has 9 heteroatoms. The molecule has 0 aliphatic heterocycles. The summed E-state index contributed by atoms with van der Waals surface area (Å²) in [7, 11) is 0. The number of nitrogens with zero attached hydrogens (tertiary/aromatic N) is 4. The van der Waals surface area contributed by atoms with E-state index in [-0.39, 0.29) is 5.82 Å². The molecule has 0 aliphatic rings. The minimum Gasteiger partial charge on any atom is -0.365 e. The Kier molecular flexibility index (Phi) is 4.06. The second-order valence-corrected chi connectivity index (χ2v) is 6.94. The zero-order valence-electron chi connectivity index (χ0n) is 13.0. The molecular weight excluding hydrogens is 363 g/mol. The molecule has 25 heavy (non-hydrogen) atoms. The highest BCUT2D eigenvalue weighted by Gasteiger charge is 2.17. The molecule has 0 spiro atoms. The van der Waals surface area contributed by atoms with E-state index in [1.54, 1.807) is 12.1 Å². The number of thiophene rings is 1. The van der Waals surface area contributed by atoms with Crippen LogP contribution < -0.4 is 5.32 Å². The lowest BCUT2D eigenvalue weighted by Crippen LogP contribution is -2.04. The van der Waals surface area contributed by atoms with Crippen molar-refractivity contribution in [3.05, 3.63) is 51.9 Å². The first-order chi connectivity index (χ1) is 12.1. The van der Waals surface area contributed by atoms with Crippen LogP contribution in [0.1, 0.15) is 10.4 Å². The first-order valence-electron chi connectivity index (χ1n) is 7.42. The van der Waals surface area contributed by atoms with Gasteiger partial charge in [0.25, 0.3) is 0 Å². The van der Waals surface area contributed by atoms with Gasteiger partial charge >= 0.3 is 0 Å². The number of halogens is 2. The minimum absolute atomic E-state index is 0.266. The van der Waals surface area contributed by atoms with Crippen molar-refractivity contribution in [3.63, 3.8) is 0 Å². The van der Waals surface area contributed by atoms with Crippen LogP contribution in [0.15, 0.2) is 30.6 Å². The van der Waals surface area contributed by atoms with E-state index < -0.39 is 0 Å². The van der Waals surface area contributed by atoms with Crippen LogP contribution in [0, 0.1) is 12.7 Å². The number of hydrogen-bond donors (Lipinski definition) is 2. The van der Waals surface area contributed by atoms with E-state index in [9.17, 15) is 4.39 Å². The van der Waals surface area contributed by atoms with Crippen molar-refractivity contribution in [2.24, 2.45) is 0 Å². The Bertz CT molecular complexity index is 1030. The second kappa shape index (κ2) is 6.38. The van der Waals surface area contributed by atoms with Crippen molar-refractivity contribution in [3.8, 4) is 11.6 Å². The Morgan fingerprint density at radius 2 is 2.04 bits per heavy atom. The third kappa shape index (κ3) is 3.06. The Morgan fingerprint density at radius 1 is 1.24 bits per heavy atom. The van der Waals surface area contributed by atoms with Gasteiger partial charge in [-0.1, -0.05) is 23.7 Å². The van der Waals surface area contributed by atoms with Crippen LogP contribution in [0.2, 0.25) is 5.02 Å². The molecular formula is C16H12ClFN6S. The molecule has 0 fully saturated rings. The Morgan fingerprint density at radius 3 is 2.76 bits per heavy atom. The Labute approximate surface area is 151 Å². The largest absolute Gasteiger partial charge is 0.365 e. The third-order valence-corrected chi connectivity index (χ3v) is 5.24. The average Bonchev–Trinajstić information content (AvgIpc) is 3.23. The number of H-pyrrole nitrogens is 1. The fourth-order valence-corrected chi connectivity index (χ4v) is 3.68. The summed E-state index contributed by atoms with van der Waals surface area (Å²) in [5.41, 5.74) is 0.928. The van der Waals surface area contributed by atoms with Gasteiger partial charge in [0.05, 0.1) is 10.4 Å². The second-order valence-electron chi connectivity index (χ2n) is 5.36. The van der Waals surface area contributed by atoms with E-state index in [0.29, 0.717) is 29.0 Å². The van der Waals surface area contributed by atoms with Gasteiger partial charge < -0.3 is 5.32 Å². The molecule has 0 atom stereocenters. The van der Waals surface area contributed by atoms with Gasteiger partial charge in [0.15, 0.2) is 5.82 Å². The van der Waals surface area contributed by atoms with Crippen molar-refractivity contribution in [2.75, 3.05) is 5.32 Å². The summed E-state index contributed by atoms with van der Waals surface area (Å²) in [6.45, 7) is 2.42. The van der Waals surface area contributed by atoms with Crippen LogP contribution in [0.3, 0.4) is 0 Å². The molecule has 1 aromatic carbocycles. The topological polar surface area (TPSA) is 79.4 Å². The van der Waals surface area contributed by atoms with E-state index in [2.05, 4.69) is 30.5 Å². The highest BCUT2D eigenvalue weighted by Crippen LogP contribution is 2.38. The fourth-order valence-electron chi connectivity index (χ4n) is 2.41. The van der Waals surface area contributed by atoms with Crippen LogP contribution in [-0.4, -0.2) is 25.1 Å². The Hall–Kier alpha value is -2.58. The monoisotopic (exact) mass is 374 g/mol. The summed E-state index contributed by atoms with van der Waals surface area (Å²) >= 11 is 7.92. The van der Waals surface area contributed by atoms with E-state index in [0.717, 1.165) is 20.7 Å². The maximum atomic E-state index is 13.1. The van der Waals surface area contributed by atoms with Crippen molar-refractivity contribution in [2.45, 2.75) is 13.5 Å². The predicted octanol–water partition coefficient (Wildman–Crippen LogP) is 4.19. The highest BCUT2D eigenvalue weighted by atomic mass is 35.5. The summed E-state index contributed by atoms with van der Waals surface area (Å²) in [5, 5.41) is 11.3. The number of aryl methyl sites for hydroxylation is 1. The number of rotatable bonds is 4. The number of benzene rings is 1. The lowest BCUT2D eigenvalue weighted by Gasteiger charge is -2.09. The lowest BCUT2D eigenvalue weighted by atomic mass is 10.2. The number of nitrogens with one attached hydrogen (secondary N) is 2. The SMILES string of the molecule is Cc1sc2nc(-c3ncn[nH]3)nc(NCc3ccc(F)cc3)c2c1Cl. The highest BCUT2D eigenvalue weighted by molar-refractivity contribution is 7.19. The molecule has 2 N–H and O–H groups in total. The molecule has 0 unspecified atom stereocenters. The molecule has 6 nitrogen and oxygen atoms in total. The van der Waals surface area contributed by atoms with Gasteiger partial charge in [-0.05, 0) is 24.6 Å². The van der Waals surface area contributed by atoms with Gasteiger partial charge in [0, 0.05) is 11.4 Å². The number of anilines is 1. The molecule has 0 radical (unpaired) electrons. The average molecular weight is 375 g/mol. The number of aromatic nitrogens is 5. The molecule has 3 heterocycles. The van der Waals surface area contributed by atoms with Crippen LogP contribution in [-0.2, 0) is 6.54 Å². The van der Waals surface area contributed by atoms with Gasteiger partial charge in [0.2, 0.25) is 5.82 Å². The molecule has 4 rings (SSSR count). The van der Waals surface area contributed by atoms with Crippen LogP contribution in [0.5, 0.6) is 0 Å². The summed E-state index contributed by atoms with van der Waals surface area (Å²) < 4.78 is 13.1. The molecule has 0 bridgehead atoms. The summed E-state index contributed by atoms with van der Waals surface area (Å²) in [5.74, 6) is 1.26. The minimum atomic E-state index is -0.266. The van der Waals surface area contributed by atoms with Crippen LogP contribution in [0.25, 0.3) is 21.9 Å². The zero-order chi connectivity index (χ0) is 17.4. The standard InChI is InChI=1S/C16H12ClFN6S/c1-8-12(17)11-13(19-6-9-2-4-10(18)5-3-9)22-15(23-16(11)25-8)14-20-7-21-24-14/h2-5,7H,6H2,1H3,(H,19,22,23)(H,20,21,24). The number of fused-ring (bicyclic) bond motifs is 1. The summed E-state index contributed by atoms with van der Waals surface area (Å²) in [4.78, 5) is 14.9. The molecule has 3 aromatic heterocycles. The molecule has 126 valence electrons. The fraction of sp³-hybridized carbons (Fsp3) is 0.125. The van der Waals surface area contributed by atoms with Crippen molar-refractivity contribution in [1.82, 2.24) is 25.1 Å². The molecule has 0 aliphatic carbocycles. The first-order valence-corrected chi connectivity index (χ1v) is 8.62. The predicted molar refractivity (Wildman–Crippen MR) is 96.3 cm³/mol. The van der Waals surface area contributed by atoms with E-state index in [1.807, 2.05) is 6.92 Å². The molecule has 0 amide bonds. The quantitative estimate of drug-likeness (QED) is 0.560. The van der Waals surface area contributed by atoms with Crippen LogP contribution >= 0.6 is 22.9 Å². The smallest absolute Gasteiger partial charge is 0.200 e. The number of hydrogen-bond acceptors (Lipinski definition) is 6. The van der Waals surface area contributed by atoms with Gasteiger partial charge in [-0.2, -0.15) is 5.10 Å². The van der Waals surface area contributed by atoms with E-state index in [1.165, 1.54) is 29.8 Å². The van der Waals surface area contributed by atoms with E-state index in [4.69, 9.17) is 11.6 Å². The third-order valence-electron chi connectivity index (χ3n) is 3.65. The maximum Gasteiger partial charge on any atom is 0.200 e. The van der Waals surface area contributed by atoms with Gasteiger partial charge in [0.1, 0.15) is 22.8 Å². The normalized spacial score (nSPS) is 11.2. The van der Waals surface area contributed by atoms with Crippen molar-refractivity contribution in [1.29, 1.82) is 0 Å². The lowest BCUT2D eigenvalue weighted by molar-refractivity contribution is 0.627. The van der Waals surface area contributed by atoms with Gasteiger partial charge in [-0.3, -0.25) is 5.10 Å². The number of aromatic amines is 1. The van der Waals surface area contributed by atoms with Crippen LogP contribution in [0.4, 0.5) is 10.2 Å². The van der Waals surface area contributed by atoms with Gasteiger partial charge in [-0.25, -0.2) is 19.3 Å². The van der Waals surface area contributed by atoms with Crippen molar-refractivity contribution >= 4 is 39.0 Å². The zero-order valence-corrected chi connectivity index (χ0v) is 14.6. The molecule has 0 saturated carbocycles.